The largest absolute Gasteiger partial charge is 0.405 e. The van der Waals surface area contributed by atoms with Gasteiger partial charge in [0, 0.05) is 32.7 Å². The third kappa shape index (κ3) is 8.82. The van der Waals surface area contributed by atoms with Gasteiger partial charge in [-0.3, -0.25) is 0 Å². The zero-order chi connectivity index (χ0) is 4.12. The van der Waals surface area contributed by atoms with Gasteiger partial charge in [0.2, 0.25) is 0 Å². The van der Waals surface area contributed by atoms with Crippen LogP contribution in [0.25, 0.3) is 0 Å². The summed E-state index contributed by atoms with van der Waals surface area (Å²) in [4.78, 5) is 0. The molecule has 0 bridgehead atoms. The van der Waals surface area contributed by atoms with E-state index in [2.05, 4.69) is 6.92 Å². The third-order valence-corrected chi connectivity index (χ3v) is 0.303. The smallest absolute Gasteiger partial charge is 0 e. The van der Waals surface area contributed by atoms with Gasteiger partial charge in [0.25, 0.3) is 0 Å². The zero-order valence-corrected chi connectivity index (χ0v) is 6.56. The fourth-order valence-electron chi connectivity index (χ4n) is 0.0962. The first-order valence-electron chi connectivity index (χ1n) is 1.57. The van der Waals surface area contributed by atoms with Crippen molar-refractivity contribution >= 4 is 0 Å². The van der Waals surface area contributed by atoms with Crippen molar-refractivity contribution < 1.29 is 32.7 Å². The molecule has 0 atom stereocenters. The van der Waals surface area contributed by atoms with E-state index in [-0.39, 0.29) is 32.7 Å². The molecule has 0 rings (SSSR count). The molecule has 0 aromatic carbocycles. The van der Waals surface area contributed by atoms with Gasteiger partial charge in [0.05, 0.1) is 0 Å². The van der Waals surface area contributed by atoms with Crippen LogP contribution in [0.1, 0.15) is 6.42 Å². The van der Waals surface area contributed by atoms with Crippen LogP contribution in [-0.2, 0) is 32.7 Å². The second-order valence-electron chi connectivity index (χ2n) is 0.717. The summed E-state index contributed by atoms with van der Waals surface area (Å²) in [6.07, 6.45) is 4.07. The maximum absolute atomic E-state index is 4.92. The van der Waals surface area contributed by atoms with Gasteiger partial charge >= 0.3 is 0 Å². The predicted molar refractivity (Wildman–Crippen MR) is 23.3 cm³/mol. The first-order chi connectivity index (χ1) is 2.41. The second kappa shape index (κ2) is 9.17. The molecule has 0 aliphatic heterocycles. The first kappa shape index (κ1) is 9.81. The van der Waals surface area contributed by atoms with E-state index in [4.69, 9.17) is 5.73 Å². The van der Waals surface area contributed by atoms with E-state index in [0.29, 0.717) is 0 Å². The topological polar surface area (TPSA) is 26.0 Å². The summed E-state index contributed by atoms with van der Waals surface area (Å²) in [5, 5.41) is 0. The fraction of sp³-hybridized carbons (Fsp3) is 0.250. The Hall–Kier alpha value is 0.644. The van der Waals surface area contributed by atoms with E-state index in [1.54, 1.807) is 6.08 Å². The Bertz CT molecular complexity index is 34.5. The van der Waals surface area contributed by atoms with Gasteiger partial charge in [-0.2, -0.15) is 6.42 Å². The van der Waals surface area contributed by atoms with Gasteiger partial charge in [-0.1, -0.05) is 6.08 Å². The van der Waals surface area contributed by atoms with Crippen LogP contribution in [-0.4, -0.2) is 0 Å². The molecular weight excluding hydrogens is 151 g/mol. The third-order valence-electron chi connectivity index (χ3n) is 0.303. The Balaban J connectivity index is 0. The quantitative estimate of drug-likeness (QED) is 0.559. The van der Waals surface area contributed by atoms with Crippen LogP contribution in [0, 0.1) is 6.92 Å². The molecular formula is C4H8NY-. The van der Waals surface area contributed by atoms with Crippen molar-refractivity contribution in [3.8, 4) is 0 Å². The molecule has 0 aromatic rings. The summed E-state index contributed by atoms with van der Waals surface area (Å²) < 4.78 is 0. The summed E-state index contributed by atoms with van der Waals surface area (Å²) >= 11 is 0. The second-order valence-corrected chi connectivity index (χ2v) is 0.717. The van der Waals surface area contributed by atoms with Crippen LogP contribution in [0.4, 0.5) is 0 Å². The molecule has 0 spiro atoms. The molecule has 0 aliphatic carbocycles. The van der Waals surface area contributed by atoms with Crippen molar-refractivity contribution in [2.45, 2.75) is 6.42 Å². The van der Waals surface area contributed by atoms with E-state index >= 15 is 0 Å². The Morgan fingerprint density at radius 3 is 2.17 bits per heavy atom. The van der Waals surface area contributed by atoms with Crippen LogP contribution in [0.3, 0.4) is 0 Å². The minimum Gasteiger partial charge on any atom is -0.405 e. The average molecular weight is 159 g/mol. The Morgan fingerprint density at radius 1 is 1.67 bits per heavy atom. The molecule has 6 heavy (non-hydrogen) atoms. The summed E-state index contributed by atoms with van der Waals surface area (Å²) in [5.41, 5.74) is 4.92. The van der Waals surface area contributed by atoms with Crippen LogP contribution < -0.4 is 5.73 Å². The van der Waals surface area contributed by atoms with Gasteiger partial charge < -0.3 is 12.7 Å². The molecule has 1 radical (unpaired) electrons. The maximum Gasteiger partial charge on any atom is 0 e. The SMILES string of the molecule is [CH2-]C/C=C/N.[Y]. The number of nitrogens with two attached hydrogens (primary N) is 1. The van der Waals surface area contributed by atoms with Crippen molar-refractivity contribution in [1.82, 2.24) is 0 Å². The van der Waals surface area contributed by atoms with Gasteiger partial charge in [0.15, 0.2) is 0 Å². The molecule has 0 aliphatic rings. The van der Waals surface area contributed by atoms with Crippen LogP contribution in [0.15, 0.2) is 12.3 Å². The summed E-state index contributed by atoms with van der Waals surface area (Å²) in [6.45, 7) is 3.51. The standard InChI is InChI=1S/C4H8N.Y/c1-2-3-4-5;/h3-4H,1-2,5H2;/q-1;/b4-3+;. The van der Waals surface area contributed by atoms with Crippen molar-refractivity contribution in [2.24, 2.45) is 5.73 Å². The first-order valence-corrected chi connectivity index (χ1v) is 1.57. The minimum absolute atomic E-state index is 0. The molecule has 2 heteroatoms. The number of hydrogen-bond donors (Lipinski definition) is 1. The molecule has 33 valence electrons. The van der Waals surface area contributed by atoms with Crippen molar-refractivity contribution in [2.75, 3.05) is 0 Å². The molecule has 0 saturated heterocycles. The van der Waals surface area contributed by atoms with Gasteiger partial charge in [-0.25, -0.2) is 0 Å². The van der Waals surface area contributed by atoms with Gasteiger partial charge in [0.1, 0.15) is 0 Å². The van der Waals surface area contributed by atoms with E-state index in [1.165, 1.54) is 6.20 Å². The number of allylic oxidation sites excluding steroid dienone is 1. The number of hydrogen-bond acceptors (Lipinski definition) is 1. The molecule has 2 N–H and O–H groups in total. The summed E-state index contributed by atoms with van der Waals surface area (Å²) in [7, 11) is 0. The molecule has 0 saturated carbocycles. The molecule has 0 amide bonds. The molecule has 1 nitrogen and oxygen atoms in total. The van der Waals surface area contributed by atoms with Crippen LogP contribution in [0.2, 0.25) is 0 Å². The van der Waals surface area contributed by atoms with Crippen molar-refractivity contribution in [3.63, 3.8) is 0 Å². The zero-order valence-electron chi connectivity index (χ0n) is 3.72. The van der Waals surface area contributed by atoms with Gasteiger partial charge in [-0.05, 0) is 6.20 Å². The van der Waals surface area contributed by atoms with Crippen molar-refractivity contribution in [1.29, 1.82) is 0 Å². The molecule has 0 heterocycles. The van der Waals surface area contributed by atoms with Crippen LogP contribution >= 0.6 is 0 Å². The number of rotatable bonds is 1. The fourth-order valence-corrected chi connectivity index (χ4v) is 0.0962. The maximum atomic E-state index is 4.92. The van der Waals surface area contributed by atoms with Crippen LogP contribution in [0.5, 0.6) is 0 Å². The minimum atomic E-state index is 0. The van der Waals surface area contributed by atoms with E-state index in [0.717, 1.165) is 6.42 Å². The molecule has 0 unspecified atom stereocenters. The molecule has 0 fully saturated rings. The average Bonchev–Trinajstić information content (AvgIpc) is 1.41. The van der Waals surface area contributed by atoms with Gasteiger partial charge in [-0.15, -0.1) is 0 Å². The van der Waals surface area contributed by atoms with E-state index < -0.39 is 0 Å². The monoisotopic (exact) mass is 159 g/mol. The Kier molecular flexibility index (Phi) is 15.0. The molecule has 0 aromatic heterocycles. The Labute approximate surface area is 63.9 Å². The van der Waals surface area contributed by atoms with E-state index in [9.17, 15) is 0 Å². The van der Waals surface area contributed by atoms with E-state index in [1.807, 2.05) is 0 Å². The van der Waals surface area contributed by atoms with Crippen molar-refractivity contribution in [3.05, 3.63) is 19.2 Å². The summed E-state index contributed by atoms with van der Waals surface area (Å²) in [6, 6.07) is 0. The summed E-state index contributed by atoms with van der Waals surface area (Å²) in [5.74, 6) is 0. The normalized spacial score (nSPS) is 8.17. The Morgan fingerprint density at radius 2 is 2.17 bits per heavy atom. The predicted octanol–water partition coefficient (Wildman–Crippen LogP) is 0.680.